The quantitative estimate of drug-likeness (QED) is 0.571. The van der Waals surface area contributed by atoms with Crippen molar-refractivity contribution in [1.29, 1.82) is 5.26 Å². The first kappa shape index (κ1) is 14.9. The third-order valence-corrected chi connectivity index (χ3v) is 4.01. The van der Waals surface area contributed by atoms with Gasteiger partial charge in [0.25, 0.3) is 0 Å². The maximum absolute atomic E-state index is 9.17. The van der Waals surface area contributed by atoms with Gasteiger partial charge in [0.2, 0.25) is 0 Å². The highest BCUT2D eigenvalue weighted by molar-refractivity contribution is 5.82. The molecule has 0 bridgehead atoms. The summed E-state index contributed by atoms with van der Waals surface area (Å²) in [6, 6.07) is 21.3. The van der Waals surface area contributed by atoms with Crippen LogP contribution in [0.15, 0.2) is 66.9 Å². The van der Waals surface area contributed by atoms with Crippen LogP contribution < -0.4 is 4.74 Å². The lowest BCUT2D eigenvalue weighted by atomic mass is 10.2. The predicted molar refractivity (Wildman–Crippen MR) is 95.6 cm³/mol. The summed E-state index contributed by atoms with van der Waals surface area (Å²) in [5.74, 6) is 1.49. The van der Waals surface area contributed by atoms with E-state index in [1.165, 1.54) is 0 Å². The van der Waals surface area contributed by atoms with Gasteiger partial charge in [-0.3, -0.25) is 9.55 Å². The summed E-state index contributed by atoms with van der Waals surface area (Å²) in [6.45, 7) is 0. The molecule has 0 saturated heterocycles. The number of rotatable bonds is 3. The topological polar surface area (TPSA) is 63.7 Å². The van der Waals surface area contributed by atoms with E-state index in [2.05, 4.69) is 11.1 Å². The molecule has 0 aliphatic carbocycles. The smallest absolute Gasteiger partial charge is 0.164 e. The first-order valence-electron chi connectivity index (χ1n) is 7.78. The lowest BCUT2D eigenvalue weighted by molar-refractivity contribution is 0.415. The largest absolute Gasteiger partial charge is 0.497 e. The van der Waals surface area contributed by atoms with Crippen molar-refractivity contribution in [3.63, 3.8) is 0 Å². The number of imidazole rings is 1. The van der Waals surface area contributed by atoms with Gasteiger partial charge in [0.15, 0.2) is 5.82 Å². The van der Waals surface area contributed by atoms with Crippen LogP contribution in [0, 0.1) is 11.3 Å². The summed E-state index contributed by atoms with van der Waals surface area (Å²) in [5, 5.41) is 9.17. The average molecular weight is 326 g/mol. The molecular formula is C20H14N4O. The molecule has 0 atom stereocenters. The van der Waals surface area contributed by atoms with Gasteiger partial charge < -0.3 is 4.74 Å². The van der Waals surface area contributed by atoms with Gasteiger partial charge >= 0.3 is 0 Å². The summed E-state index contributed by atoms with van der Waals surface area (Å²) in [6.07, 6.45) is 1.63. The highest BCUT2D eigenvalue weighted by Crippen LogP contribution is 2.28. The zero-order valence-corrected chi connectivity index (χ0v) is 13.5. The van der Waals surface area contributed by atoms with E-state index in [1.54, 1.807) is 25.4 Å². The number of para-hydroxylation sites is 2. The molecule has 0 aliphatic heterocycles. The maximum Gasteiger partial charge on any atom is 0.164 e. The average Bonchev–Trinajstić information content (AvgIpc) is 3.07. The van der Waals surface area contributed by atoms with E-state index in [-0.39, 0.29) is 0 Å². The van der Waals surface area contributed by atoms with Crippen molar-refractivity contribution in [2.24, 2.45) is 0 Å². The molecular weight excluding hydrogens is 312 g/mol. The van der Waals surface area contributed by atoms with E-state index in [4.69, 9.17) is 9.72 Å². The van der Waals surface area contributed by atoms with Gasteiger partial charge in [0.05, 0.1) is 29.8 Å². The minimum atomic E-state index is 0.554. The molecule has 25 heavy (non-hydrogen) atoms. The van der Waals surface area contributed by atoms with E-state index >= 15 is 0 Å². The zero-order valence-electron chi connectivity index (χ0n) is 13.5. The van der Waals surface area contributed by atoms with Crippen molar-refractivity contribution >= 4 is 11.0 Å². The molecule has 0 spiro atoms. The van der Waals surface area contributed by atoms with Crippen LogP contribution in [0.4, 0.5) is 0 Å². The number of nitriles is 1. The number of nitrogens with zero attached hydrogens (tertiary/aromatic N) is 4. The van der Waals surface area contributed by atoms with Gasteiger partial charge in [0, 0.05) is 11.9 Å². The summed E-state index contributed by atoms with van der Waals surface area (Å²) in [4.78, 5) is 9.15. The van der Waals surface area contributed by atoms with Crippen LogP contribution in [0.1, 0.15) is 5.56 Å². The molecule has 2 aromatic carbocycles. The van der Waals surface area contributed by atoms with Crippen molar-refractivity contribution < 1.29 is 4.74 Å². The Morgan fingerprint density at radius 2 is 1.84 bits per heavy atom. The molecule has 2 heterocycles. The van der Waals surface area contributed by atoms with Gasteiger partial charge in [-0.2, -0.15) is 5.26 Å². The Morgan fingerprint density at radius 3 is 2.60 bits per heavy atom. The minimum Gasteiger partial charge on any atom is -0.497 e. The fourth-order valence-electron chi connectivity index (χ4n) is 2.81. The Labute approximate surface area is 144 Å². The van der Waals surface area contributed by atoms with Gasteiger partial charge in [-0.05, 0) is 48.5 Å². The van der Waals surface area contributed by atoms with E-state index in [1.807, 2.05) is 53.1 Å². The predicted octanol–water partition coefficient (Wildman–Crippen LogP) is 3.97. The second-order valence-corrected chi connectivity index (χ2v) is 5.50. The summed E-state index contributed by atoms with van der Waals surface area (Å²) < 4.78 is 7.29. The van der Waals surface area contributed by atoms with Crippen molar-refractivity contribution in [3.8, 4) is 29.0 Å². The zero-order chi connectivity index (χ0) is 17.2. The van der Waals surface area contributed by atoms with Crippen LogP contribution in [0.2, 0.25) is 0 Å². The van der Waals surface area contributed by atoms with Crippen LogP contribution in [-0.2, 0) is 0 Å². The molecule has 4 aromatic rings. The molecule has 0 unspecified atom stereocenters. The Kier molecular flexibility index (Phi) is 3.64. The molecule has 0 saturated carbocycles. The summed E-state index contributed by atoms with van der Waals surface area (Å²) in [5.41, 5.74) is 4.02. The summed E-state index contributed by atoms with van der Waals surface area (Å²) in [7, 11) is 1.64. The highest BCUT2D eigenvalue weighted by Gasteiger charge is 2.15. The van der Waals surface area contributed by atoms with Crippen molar-refractivity contribution in [2.45, 2.75) is 0 Å². The van der Waals surface area contributed by atoms with Gasteiger partial charge in [-0.1, -0.05) is 12.1 Å². The Bertz CT molecular complexity index is 1090. The maximum atomic E-state index is 9.17. The SMILES string of the molecule is COc1ccc(-n2c(-c3cc(C#N)ccn3)nc3ccccc32)cc1. The van der Waals surface area contributed by atoms with Crippen molar-refractivity contribution in [3.05, 3.63) is 72.4 Å². The second kappa shape index (κ2) is 6.10. The number of methoxy groups -OCH3 is 1. The molecule has 4 rings (SSSR count). The first-order chi connectivity index (χ1) is 12.3. The number of ether oxygens (including phenoxy) is 1. The van der Waals surface area contributed by atoms with Gasteiger partial charge in [-0.25, -0.2) is 4.98 Å². The molecule has 0 radical (unpaired) electrons. The van der Waals surface area contributed by atoms with Crippen LogP contribution in [-0.4, -0.2) is 21.6 Å². The highest BCUT2D eigenvalue weighted by atomic mass is 16.5. The lowest BCUT2D eigenvalue weighted by Crippen LogP contribution is -1.99. The van der Waals surface area contributed by atoms with E-state index < -0.39 is 0 Å². The van der Waals surface area contributed by atoms with Crippen LogP contribution >= 0.6 is 0 Å². The van der Waals surface area contributed by atoms with Crippen LogP contribution in [0.5, 0.6) is 5.75 Å². The number of fused-ring (bicyclic) bond motifs is 1. The molecule has 5 heteroatoms. The molecule has 0 N–H and O–H groups in total. The lowest BCUT2D eigenvalue weighted by Gasteiger charge is -2.10. The number of pyridine rings is 1. The molecule has 120 valence electrons. The fraction of sp³-hybridized carbons (Fsp3) is 0.0500. The molecule has 5 nitrogen and oxygen atoms in total. The van der Waals surface area contributed by atoms with Crippen LogP contribution in [0.25, 0.3) is 28.2 Å². The molecule has 0 fully saturated rings. The number of hydrogen-bond acceptors (Lipinski definition) is 4. The van der Waals surface area contributed by atoms with E-state index in [9.17, 15) is 5.26 Å². The Morgan fingerprint density at radius 1 is 1.04 bits per heavy atom. The Balaban J connectivity index is 1.99. The molecule has 0 aliphatic rings. The van der Waals surface area contributed by atoms with E-state index in [0.717, 1.165) is 22.5 Å². The monoisotopic (exact) mass is 326 g/mol. The number of hydrogen-bond donors (Lipinski definition) is 0. The fourth-order valence-corrected chi connectivity index (χ4v) is 2.81. The van der Waals surface area contributed by atoms with Crippen LogP contribution in [0.3, 0.4) is 0 Å². The van der Waals surface area contributed by atoms with Gasteiger partial charge in [-0.15, -0.1) is 0 Å². The Hall–Kier alpha value is -3.65. The third-order valence-electron chi connectivity index (χ3n) is 4.01. The molecule has 0 amide bonds. The van der Waals surface area contributed by atoms with Crippen molar-refractivity contribution in [2.75, 3.05) is 7.11 Å². The minimum absolute atomic E-state index is 0.554. The van der Waals surface area contributed by atoms with Crippen molar-refractivity contribution in [1.82, 2.24) is 14.5 Å². The number of benzene rings is 2. The summed E-state index contributed by atoms with van der Waals surface area (Å²) >= 11 is 0. The first-order valence-corrected chi connectivity index (χ1v) is 7.78. The second-order valence-electron chi connectivity index (χ2n) is 5.50. The van der Waals surface area contributed by atoms with Gasteiger partial charge in [0.1, 0.15) is 11.4 Å². The normalized spacial score (nSPS) is 10.6. The standard InChI is InChI=1S/C20H14N4O/c1-25-16-8-6-15(7-9-16)24-19-5-3-2-4-17(19)23-20(24)18-12-14(13-21)10-11-22-18/h2-12H,1H3. The van der Waals surface area contributed by atoms with E-state index in [0.29, 0.717) is 17.1 Å². The molecule has 2 aromatic heterocycles. The third kappa shape index (κ3) is 2.60. The number of aromatic nitrogens is 3.